The van der Waals surface area contributed by atoms with Crippen LogP contribution in [-0.4, -0.2) is 142 Å². The largest absolute Gasteiger partial charge is 0.480 e. The van der Waals surface area contributed by atoms with E-state index in [1.807, 2.05) is 24.3 Å². The van der Waals surface area contributed by atoms with Crippen LogP contribution < -0.4 is 0 Å². The fourth-order valence-corrected chi connectivity index (χ4v) is 4.85. The fraction of sp³-hybridized carbons (Fsp3) is 0.577. The Balaban J connectivity index is 2.22. The third kappa shape index (κ3) is 13.0. The number of carboxylic acids is 3. The minimum Gasteiger partial charge on any atom is -0.480 e. The summed E-state index contributed by atoms with van der Waals surface area (Å²) in [7, 11) is 0. The van der Waals surface area contributed by atoms with Gasteiger partial charge in [0.25, 0.3) is 0 Å². The maximum atomic E-state index is 11.4. The van der Waals surface area contributed by atoms with Gasteiger partial charge in [0.05, 0.1) is 37.0 Å². The number of isothiocyanates is 1. The van der Waals surface area contributed by atoms with Gasteiger partial charge in [0.15, 0.2) is 0 Å². The number of thiocarbonyl (C=S) groups is 1. The van der Waals surface area contributed by atoms with Gasteiger partial charge < -0.3 is 20.1 Å². The number of aliphatic carboxylic acids is 3. The van der Waals surface area contributed by atoms with Crippen molar-refractivity contribution in [1.29, 1.82) is 0 Å². The van der Waals surface area contributed by atoms with Gasteiger partial charge in [-0.25, -0.2) is 0 Å². The highest BCUT2D eigenvalue weighted by atomic mass is 32.1. The normalized spacial score (nSPS) is 16.4. The molecule has 1 saturated heterocycles. The summed E-state index contributed by atoms with van der Waals surface area (Å²) in [4.78, 5) is 56.8. The van der Waals surface area contributed by atoms with Crippen molar-refractivity contribution in [3.05, 3.63) is 29.8 Å². The Kier molecular flexibility index (Phi) is 14.4. The van der Waals surface area contributed by atoms with Crippen molar-refractivity contribution in [3.63, 3.8) is 0 Å². The van der Waals surface area contributed by atoms with Gasteiger partial charge in [0, 0.05) is 51.9 Å². The molecule has 0 radical (unpaired) electrons. The van der Waals surface area contributed by atoms with Gasteiger partial charge >= 0.3 is 17.9 Å². The number of nitrogens with zero attached hydrogens (tertiary/aromatic N) is 5. The van der Waals surface area contributed by atoms with Crippen molar-refractivity contribution in [2.75, 3.05) is 72.0 Å². The summed E-state index contributed by atoms with van der Waals surface area (Å²) in [6, 6.07) is 7.54. The Morgan fingerprint density at radius 2 is 1.51 bits per heavy atom. The molecule has 1 fully saturated rings. The molecule has 0 spiro atoms. The summed E-state index contributed by atoms with van der Waals surface area (Å²) in [6.07, 6.45) is 2.95. The molecule has 3 N–H and O–H groups in total. The minimum absolute atomic E-state index is 0.0191. The van der Waals surface area contributed by atoms with Crippen LogP contribution in [0.4, 0.5) is 5.69 Å². The molecule has 214 valence electrons. The van der Waals surface area contributed by atoms with Crippen molar-refractivity contribution in [2.45, 2.75) is 25.3 Å². The average Bonchev–Trinajstić information content (AvgIpc) is 2.95. The van der Waals surface area contributed by atoms with Crippen LogP contribution in [0.2, 0.25) is 0 Å². The topological polar surface area (TPSA) is 154 Å². The molecular formula is C26H37N5O7S. The number of carboxylic acid groups (broad SMARTS) is 3. The second-order valence-corrected chi connectivity index (χ2v) is 9.73. The molecule has 1 aliphatic rings. The van der Waals surface area contributed by atoms with Crippen LogP contribution in [0.5, 0.6) is 0 Å². The van der Waals surface area contributed by atoms with E-state index < -0.39 is 17.9 Å². The lowest BCUT2D eigenvalue weighted by Gasteiger charge is -2.36. The first-order valence-electron chi connectivity index (χ1n) is 12.9. The van der Waals surface area contributed by atoms with E-state index in [4.69, 9.17) is 0 Å². The van der Waals surface area contributed by atoms with Gasteiger partial charge in [-0.1, -0.05) is 12.1 Å². The standard InChI is InChI=1S/C26H37N5O7S/c32-15-14-30(19-26(37)38)16-23(3-1-2-21-4-6-22(7-5-21)27-20-39)31-12-10-28(17-24(33)34)8-9-29(11-13-31)18-25(35)36/h4-7,15,23H,1-3,8-14,16-19H2,(H,33,34)(H,35,36)(H,37,38). The Labute approximate surface area is 233 Å². The van der Waals surface area contributed by atoms with Crippen molar-refractivity contribution in [3.8, 4) is 0 Å². The molecule has 1 atom stereocenters. The number of rotatable bonds is 16. The molecule has 12 nitrogen and oxygen atoms in total. The Hall–Kier alpha value is -3.06. The Morgan fingerprint density at radius 1 is 0.949 bits per heavy atom. The molecular weight excluding hydrogens is 526 g/mol. The van der Waals surface area contributed by atoms with E-state index in [9.17, 15) is 34.5 Å². The number of aliphatic imine (C=N–C) groups is 1. The summed E-state index contributed by atoms with van der Waals surface area (Å²) in [6.45, 7) is 2.60. The molecule has 1 aliphatic heterocycles. The maximum Gasteiger partial charge on any atom is 0.317 e. The number of hydrogen-bond acceptors (Lipinski definition) is 10. The smallest absolute Gasteiger partial charge is 0.317 e. The first-order chi connectivity index (χ1) is 18.7. The molecule has 0 bridgehead atoms. The lowest BCUT2D eigenvalue weighted by molar-refractivity contribution is -0.140. The summed E-state index contributed by atoms with van der Waals surface area (Å²) in [5.41, 5.74) is 1.83. The van der Waals surface area contributed by atoms with Crippen molar-refractivity contribution >= 4 is 47.3 Å². The molecule has 1 heterocycles. The molecule has 1 aromatic rings. The maximum absolute atomic E-state index is 11.4. The number of carbonyl (C=O) groups is 4. The molecule has 13 heteroatoms. The zero-order chi connectivity index (χ0) is 28.6. The fourth-order valence-electron chi connectivity index (χ4n) is 4.74. The molecule has 2 rings (SSSR count). The van der Waals surface area contributed by atoms with Crippen molar-refractivity contribution in [2.24, 2.45) is 4.99 Å². The lowest BCUT2D eigenvalue weighted by atomic mass is 10.0. The highest BCUT2D eigenvalue weighted by molar-refractivity contribution is 7.78. The molecule has 1 aromatic carbocycles. The zero-order valence-corrected chi connectivity index (χ0v) is 22.8. The van der Waals surface area contributed by atoms with Gasteiger partial charge in [0.2, 0.25) is 0 Å². The number of benzene rings is 1. The van der Waals surface area contributed by atoms with Crippen LogP contribution in [0.1, 0.15) is 18.4 Å². The van der Waals surface area contributed by atoms with Gasteiger partial charge in [-0.05, 0) is 49.2 Å². The van der Waals surface area contributed by atoms with Gasteiger partial charge in [-0.15, -0.1) is 0 Å². The summed E-state index contributed by atoms with van der Waals surface area (Å²) >= 11 is 4.64. The van der Waals surface area contributed by atoms with Crippen LogP contribution in [0.3, 0.4) is 0 Å². The number of aldehydes is 1. The van der Waals surface area contributed by atoms with E-state index in [0.717, 1.165) is 24.1 Å². The van der Waals surface area contributed by atoms with Gasteiger partial charge in [0.1, 0.15) is 6.29 Å². The number of aryl methyl sites for hydroxylation is 1. The van der Waals surface area contributed by atoms with Crippen LogP contribution in [0, 0.1) is 0 Å². The molecule has 0 aliphatic carbocycles. The summed E-state index contributed by atoms with van der Waals surface area (Å²) in [5.74, 6) is -2.94. The van der Waals surface area contributed by atoms with E-state index in [0.29, 0.717) is 58.5 Å². The Morgan fingerprint density at radius 3 is 2.00 bits per heavy atom. The van der Waals surface area contributed by atoms with Crippen LogP contribution >= 0.6 is 12.2 Å². The number of carbonyl (C=O) groups excluding carboxylic acids is 1. The highest BCUT2D eigenvalue weighted by Crippen LogP contribution is 2.17. The Bertz CT molecular complexity index is 975. The first kappa shape index (κ1) is 32.2. The second-order valence-electron chi connectivity index (χ2n) is 9.55. The zero-order valence-electron chi connectivity index (χ0n) is 22.0. The van der Waals surface area contributed by atoms with E-state index in [2.05, 4.69) is 27.3 Å². The van der Waals surface area contributed by atoms with Gasteiger partial charge in [-0.2, -0.15) is 4.99 Å². The third-order valence-electron chi connectivity index (χ3n) is 6.65. The van der Waals surface area contributed by atoms with Crippen LogP contribution in [0.25, 0.3) is 0 Å². The average molecular weight is 564 g/mol. The van der Waals surface area contributed by atoms with Gasteiger partial charge in [-0.3, -0.25) is 34.0 Å². The first-order valence-corrected chi connectivity index (χ1v) is 13.3. The van der Waals surface area contributed by atoms with Crippen LogP contribution in [-0.2, 0) is 25.6 Å². The molecule has 39 heavy (non-hydrogen) atoms. The van der Waals surface area contributed by atoms with E-state index >= 15 is 0 Å². The number of hydrogen-bond donors (Lipinski definition) is 3. The van der Waals surface area contributed by atoms with Crippen LogP contribution in [0.15, 0.2) is 29.3 Å². The minimum atomic E-state index is -1.03. The van der Waals surface area contributed by atoms with Crippen molar-refractivity contribution in [1.82, 2.24) is 19.6 Å². The highest BCUT2D eigenvalue weighted by Gasteiger charge is 2.26. The molecule has 0 saturated carbocycles. The predicted octanol–water partition coefficient (Wildman–Crippen LogP) is 0.787. The lowest BCUT2D eigenvalue weighted by Crippen LogP contribution is -2.49. The van der Waals surface area contributed by atoms with E-state index in [-0.39, 0.29) is 32.2 Å². The monoisotopic (exact) mass is 563 g/mol. The summed E-state index contributed by atoms with van der Waals surface area (Å²) in [5, 5.41) is 30.4. The molecule has 0 amide bonds. The van der Waals surface area contributed by atoms with E-state index in [1.165, 1.54) is 0 Å². The second kappa shape index (κ2) is 17.5. The van der Waals surface area contributed by atoms with E-state index in [1.54, 1.807) is 14.7 Å². The third-order valence-corrected chi connectivity index (χ3v) is 6.74. The predicted molar refractivity (Wildman–Crippen MR) is 148 cm³/mol. The van der Waals surface area contributed by atoms with Crippen molar-refractivity contribution < 1.29 is 34.5 Å². The quantitative estimate of drug-likeness (QED) is 0.148. The summed E-state index contributed by atoms with van der Waals surface area (Å²) < 4.78 is 0. The SMILES string of the molecule is O=CCN(CC(=O)O)CC(CCCc1ccc(N=C=S)cc1)N1CCN(CC(=O)O)CCN(CC(=O)O)CC1. The molecule has 0 aromatic heterocycles. The molecule has 1 unspecified atom stereocenters.